The van der Waals surface area contributed by atoms with Crippen LogP contribution >= 0.6 is 0 Å². The monoisotopic (exact) mass is 422 g/mol. The van der Waals surface area contributed by atoms with E-state index in [0.29, 0.717) is 11.8 Å². The smallest absolute Gasteiger partial charge is 0.407 e. The molecular weight excluding hydrogens is 406 g/mol. The van der Waals surface area contributed by atoms with Crippen molar-refractivity contribution < 1.29 is 27.1 Å². The SMILES string of the molecule is Cc1ccc(S(=O)(=O)c2cc(CN(C)C(=O)O)nn2-c2ccc(F)cc2F)cn1. The van der Waals surface area contributed by atoms with Gasteiger partial charge in [0, 0.05) is 31.1 Å². The first-order valence-corrected chi connectivity index (χ1v) is 9.74. The highest BCUT2D eigenvalue weighted by Gasteiger charge is 2.27. The average Bonchev–Trinajstić information content (AvgIpc) is 3.06. The number of rotatable bonds is 5. The van der Waals surface area contributed by atoms with Gasteiger partial charge in [0.25, 0.3) is 0 Å². The van der Waals surface area contributed by atoms with Gasteiger partial charge in [-0.2, -0.15) is 5.10 Å². The van der Waals surface area contributed by atoms with Crippen LogP contribution in [-0.4, -0.2) is 46.3 Å². The maximum absolute atomic E-state index is 14.3. The first kappa shape index (κ1) is 20.4. The van der Waals surface area contributed by atoms with Crippen molar-refractivity contribution in [1.82, 2.24) is 19.7 Å². The van der Waals surface area contributed by atoms with Crippen molar-refractivity contribution in [2.45, 2.75) is 23.4 Å². The van der Waals surface area contributed by atoms with Gasteiger partial charge in [-0.1, -0.05) is 0 Å². The van der Waals surface area contributed by atoms with Gasteiger partial charge in [-0.25, -0.2) is 26.7 Å². The lowest BCUT2D eigenvalue weighted by Crippen LogP contribution is -2.24. The summed E-state index contributed by atoms with van der Waals surface area (Å²) >= 11 is 0. The fourth-order valence-electron chi connectivity index (χ4n) is 2.55. The Morgan fingerprint density at radius 2 is 1.93 bits per heavy atom. The highest BCUT2D eigenvalue weighted by molar-refractivity contribution is 7.91. The summed E-state index contributed by atoms with van der Waals surface area (Å²) < 4.78 is 54.7. The van der Waals surface area contributed by atoms with E-state index in [4.69, 9.17) is 5.11 Å². The van der Waals surface area contributed by atoms with E-state index in [1.807, 2.05) is 0 Å². The third-order valence-corrected chi connectivity index (χ3v) is 5.76. The van der Waals surface area contributed by atoms with Gasteiger partial charge in [0.05, 0.1) is 17.1 Å². The van der Waals surface area contributed by atoms with Crippen molar-refractivity contribution in [3.05, 3.63) is 65.6 Å². The van der Waals surface area contributed by atoms with Gasteiger partial charge in [0.15, 0.2) is 10.8 Å². The predicted octanol–water partition coefficient (Wildman–Crippen LogP) is 2.80. The van der Waals surface area contributed by atoms with Crippen LogP contribution in [0.4, 0.5) is 13.6 Å². The highest BCUT2D eigenvalue weighted by Crippen LogP contribution is 2.26. The topological polar surface area (TPSA) is 105 Å². The van der Waals surface area contributed by atoms with Gasteiger partial charge in [-0.05, 0) is 31.2 Å². The molecule has 1 N–H and O–H groups in total. The Bertz CT molecular complexity index is 1180. The summed E-state index contributed by atoms with van der Waals surface area (Å²) in [5, 5.41) is 12.7. The molecule has 0 spiro atoms. The summed E-state index contributed by atoms with van der Waals surface area (Å²) in [7, 11) is -2.91. The largest absolute Gasteiger partial charge is 0.465 e. The molecule has 152 valence electrons. The van der Waals surface area contributed by atoms with Crippen molar-refractivity contribution in [1.29, 1.82) is 0 Å². The fraction of sp³-hybridized carbons (Fsp3) is 0.167. The minimum atomic E-state index is -4.19. The van der Waals surface area contributed by atoms with Crippen LogP contribution in [-0.2, 0) is 16.4 Å². The number of carboxylic acid groups (broad SMARTS) is 1. The van der Waals surface area contributed by atoms with E-state index in [-0.39, 0.29) is 22.8 Å². The van der Waals surface area contributed by atoms with E-state index in [1.165, 1.54) is 19.2 Å². The maximum atomic E-state index is 14.3. The summed E-state index contributed by atoms with van der Waals surface area (Å²) in [4.78, 5) is 15.8. The molecule has 0 fully saturated rings. The van der Waals surface area contributed by atoms with Gasteiger partial charge in [-0.15, -0.1) is 0 Å². The predicted molar refractivity (Wildman–Crippen MR) is 97.4 cm³/mol. The molecule has 3 aromatic rings. The van der Waals surface area contributed by atoms with Gasteiger partial charge < -0.3 is 10.0 Å². The molecule has 1 aromatic carbocycles. The zero-order valence-corrected chi connectivity index (χ0v) is 16.2. The van der Waals surface area contributed by atoms with Crippen LogP contribution in [0.1, 0.15) is 11.4 Å². The zero-order valence-electron chi connectivity index (χ0n) is 15.4. The summed E-state index contributed by atoms with van der Waals surface area (Å²) in [5.74, 6) is -1.86. The Morgan fingerprint density at radius 1 is 1.21 bits per heavy atom. The molecule has 1 amide bonds. The van der Waals surface area contributed by atoms with Crippen LogP contribution in [0.5, 0.6) is 0 Å². The molecule has 0 aliphatic rings. The highest BCUT2D eigenvalue weighted by atomic mass is 32.2. The lowest BCUT2D eigenvalue weighted by atomic mass is 10.3. The Morgan fingerprint density at radius 3 is 2.52 bits per heavy atom. The van der Waals surface area contributed by atoms with Crippen LogP contribution in [0.3, 0.4) is 0 Å². The molecule has 8 nitrogen and oxygen atoms in total. The van der Waals surface area contributed by atoms with Gasteiger partial charge in [0.2, 0.25) is 9.84 Å². The second kappa shape index (κ2) is 7.59. The third kappa shape index (κ3) is 4.09. The molecule has 3 rings (SSSR count). The molecule has 0 unspecified atom stereocenters. The molecule has 2 heterocycles. The number of nitrogens with zero attached hydrogens (tertiary/aromatic N) is 4. The minimum Gasteiger partial charge on any atom is -0.465 e. The van der Waals surface area contributed by atoms with E-state index in [0.717, 1.165) is 34.0 Å². The van der Waals surface area contributed by atoms with Crippen LogP contribution in [0.25, 0.3) is 5.69 Å². The zero-order chi connectivity index (χ0) is 21.3. The first-order chi connectivity index (χ1) is 13.6. The summed E-state index contributed by atoms with van der Waals surface area (Å²) in [6, 6.07) is 6.62. The molecule has 0 aliphatic heterocycles. The Hall–Kier alpha value is -3.34. The number of sulfone groups is 1. The van der Waals surface area contributed by atoms with Crippen molar-refractivity contribution in [3.8, 4) is 5.69 Å². The first-order valence-electron chi connectivity index (χ1n) is 8.26. The number of carbonyl (C=O) groups is 1. The van der Waals surface area contributed by atoms with Gasteiger partial charge in [0.1, 0.15) is 11.5 Å². The third-order valence-electron chi connectivity index (χ3n) is 4.06. The number of aromatic nitrogens is 3. The van der Waals surface area contributed by atoms with Crippen molar-refractivity contribution in [3.63, 3.8) is 0 Å². The lowest BCUT2D eigenvalue weighted by molar-refractivity contribution is 0.153. The molecule has 0 saturated heterocycles. The van der Waals surface area contributed by atoms with E-state index >= 15 is 0 Å². The summed E-state index contributed by atoms with van der Waals surface area (Å²) in [6.45, 7) is 1.45. The van der Waals surface area contributed by atoms with Crippen LogP contribution < -0.4 is 0 Å². The molecule has 0 radical (unpaired) electrons. The number of amides is 1. The van der Waals surface area contributed by atoms with Crippen molar-refractivity contribution >= 4 is 15.9 Å². The molecule has 0 atom stereocenters. The second-order valence-electron chi connectivity index (χ2n) is 6.26. The number of benzene rings is 1. The van der Waals surface area contributed by atoms with E-state index in [1.54, 1.807) is 6.92 Å². The van der Waals surface area contributed by atoms with Crippen LogP contribution in [0.2, 0.25) is 0 Å². The molecule has 11 heteroatoms. The number of halogens is 2. The number of aryl methyl sites for hydroxylation is 1. The van der Waals surface area contributed by atoms with E-state index in [9.17, 15) is 22.0 Å². The van der Waals surface area contributed by atoms with Gasteiger partial charge >= 0.3 is 6.09 Å². The second-order valence-corrected chi connectivity index (χ2v) is 8.16. The quantitative estimate of drug-likeness (QED) is 0.678. The number of hydrogen-bond acceptors (Lipinski definition) is 5. The Labute approximate surface area is 165 Å². The standard InChI is InChI=1S/C18H16F2N4O4S/c1-11-3-5-14(9-21-11)29(27,28)17-8-13(10-23(2)18(25)26)22-24(17)16-6-4-12(19)7-15(16)20/h3-9H,10H2,1-2H3,(H,25,26). The van der Waals surface area contributed by atoms with Crippen molar-refractivity contribution in [2.75, 3.05) is 7.05 Å². The summed E-state index contributed by atoms with van der Waals surface area (Å²) in [6.07, 6.45) is -0.0915. The molecular formula is C18H16F2N4O4S. The fourth-order valence-corrected chi connectivity index (χ4v) is 3.89. The van der Waals surface area contributed by atoms with Crippen LogP contribution in [0, 0.1) is 18.6 Å². The molecule has 0 saturated carbocycles. The van der Waals surface area contributed by atoms with E-state index < -0.39 is 32.6 Å². The lowest BCUT2D eigenvalue weighted by Gasteiger charge is -2.10. The maximum Gasteiger partial charge on any atom is 0.407 e. The Kier molecular flexibility index (Phi) is 5.33. The average molecular weight is 422 g/mol. The van der Waals surface area contributed by atoms with E-state index in [2.05, 4.69) is 10.1 Å². The number of pyridine rings is 1. The van der Waals surface area contributed by atoms with Crippen LogP contribution in [0.15, 0.2) is 52.5 Å². The minimum absolute atomic E-state index is 0.0669. The number of hydrogen-bond donors (Lipinski definition) is 1. The van der Waals surface area contributed by atoms with Gasteiger partial charge in [-0.3, -0.25) is 4.98 Å². The molecule has 2 aromatic heterocycles. The summed E-state index contributed by atoms with van der Waals surface area (Å²) in [5.41, 5.74) is 0.373. The molecule has 0 bridgehead atoms. The Balaban J connectivity index is 2.19. The molecule has 29 heavy (non-hydrogen) atoms. The van der Waals surface area contributed by atoms with Crippen molar-refractivity contribution in [2.24, 2.45) is 0 Å². The normalized spacial score (nSPS) is 11.4. The molecule has 0 aliphatic carbocycles.